The lowest BCUT2D eigenvalue weighted by Crippen LogP contribution is -2.38. The number of aryl methyl sites for hydroxylation is 2. The Morgan fingerprint density at radius 3 is 2.79 bits per heavy atom. The number of pyridine rings is 1. The third-order valence-corrected chi connectivity index (χ3v) is 7.69. The summed E-state index contributed by atoms with van der Waals surface area (Å²) in [5.74, 6) is 0. The molecule has 3 aliphatic carbocycles. The predicted octanol–water partition coefficient (Wildman–Crippen LogP) is 5.59. The molecule has 3 nitrogen and oxygen atoms in total. The zero-order chi connectivity index (χ0) is 19.5. The van der Waals surface area contributed by atoms with E-state index in [-0.39, 0.29) is 16.9 Å². The molecule has 0 aliphatic heterocycles. The van der Waals surface area contributed by atoms with E-state index < -0.39 is 0 Å². The first-order valence-electron chi connectivity index (χ1n) is 10.6. The number of aliphatic hydroxyl groups excluding tert-OH is 1. The van der Waals surface area contributed by atoms with Gasteiger partial charge in [0.15, 0.2) is 0 Å². The maximum Gasteiger partial charge on any atom is 0.0607 e. The monoisotopic (exact) mass is 374 g/mol. The van der Waals surface area contributed by atoms with Gasteiger partial charge in [0.1, 0.15) is 0 Å². The molecule has 0 bridgehead atoms. The average Bonchev–Trinajstić information content (AvgIpc) is 2.97. The molecule has 1 saturated carbocycles. The summed E-state index contributed by atoms with van der Waals surface area (Å²) >= 11 is 0. The molecule has 146 valence electrons. The maximum absolute atomic E-state index is 10.3. The summed E-state index contributed by atoms with van der Waals surface area (Å²) in [5, 5.41) is 13.9. The van der Waals surface area contributed by atoms with Crippen LogP contribution in [0.4, 0.5) is 11.4 Å². The average molecular weight is 375 g/mol. The van der Waals surface area contributed by atoms with Gasteiger partial charge in [-0.15, -0.1) is 0 Å². The first-order chi connectivity index (χ1) is 13.4. The van der Waals surface area contributed by atoms with Crippen molar-refractivity contribution in [2.24, 2.45) is 5.41 Å². The van der Waals surface area contributed by atoms with E-state index in [1.807, 2.05) is 19.2 Å². The van der Waals surface area contributed by atoms with Gasteiger partial charge in [-0.2, -0.15) is 0 Å². The molecule has 3 heteroatoms. The highest BCUT2D eigenvalue weighted by Crippen LogP contribution is 2.59. The van der Waals surface area contributed by atoms with Crippen molar-refractivity contribution >= 4 is 11.4 Å². The quantitative estimate of drug-likeness (QED) is 0.674. The molecule has 1 fully saturated rings. The van der Waals surface area contributed by atoms with Crippen LogP contribution in [0.1, 0.15) is 62.8 Å². The van der Waals surface area contributed by atoms with Crippen LogP contribution in [0, 0.1) is 12.3 Å². The van der Waals surface area contributed by atoms with Crippen LogP contribution >= 0.6 is 0 Å². The smallest absolute Gasteiger partial charge is 0.0607 e. The second kappa shape index (κ2) is 6.18. The predicted molar refractivity (Wildman–Crippen MR) is 114 cm³/mol. The van der Waals surface area contributed by atoms with E-state index in [0.29, 0.717) is 0 Å². The SMILES string of the molecule is Cc1ncccc1Nc1ccc2c(c1)CCC1=C3C[C@@H](O)C[C@]3(C)CC[C@]12C. The summed E-state index contributed by atoms with van der Waals surface area (Å²) < 4.78 is 0. The van der Waals surface area contributed by atoms with Gasteiger partial charge in [-0.25, -0.2) is 0 Å². The van der Waals surface area contributed by atoms with Crippen LogP contribution < -0.4 is 5.32 Å². The number of hydrogen-bond donors (Lipinski definition) is 2. The van der Waals surface area contributed by atoms with E-state index in [0.717, 1.165) is 42.8 Å². The Morgan fingerprint density at radius 2 is 1.96 bits per heavy atom. The van der Waals surface area contributed by atoms with Crippen LogP contribution in [-0.4, -0.2) is 16.2 Å². The first-order valence-corrected chi connectivity index (χ1v) is 10.6. The second-order valence-corrected chi connectivity index (χ2v) is 9.55. The minimum absolute atomic E-state index is 0.134. The van der Waals surface area contributed by atoms with Gasteiger partial charge >= 0.3 is 0 Å². The molecule has 0 radical (unpaired) electrons. The molecule has 0 saturated heterocycles. The molecule has 2 N–H and O–H groups in total. The van der Waals surface area contributed by atoms with Gasteiger partial charge in [0.2, 0.25) is 0 Å². The normalized spacial score (nSPS) is 31.2. The molecule has 1 aromatic carbocycles. The van der Waals surface area contributed by atoms with Crippen molar-refractivity contribution < 1.29 is 5.11 Å². The summed E-state index contributed by atoms with van der Waals surface area (Å²) in [6.45, 7) is 6.86. The lowest BCUT2D eigenvalue weighted by Gasteiger charge is -2.48. The first kappa shape index (κ1) is 17.9. The fourth-order valence-corrected chi connectivity index (χ4v) is 6.12. The van der Waals surface area contributed by atoms with E-state index in [4.69, 9.17) is 0 Å². The fourth-order valence-electron chi connectivity index (χ4n) is 6.12. The third kappa shape index (κ3) is 2.63. The van der Waals surface area contributed by atoms with Crippen molar-refractivity contribution in [3.8, 4) is 0 Å². The number of aliphatic hydroxyl groups is 1. The summed E-state index contributed by atoms with van der Waals surface area (Å²) in [5.41, 5.74) is 9.78. The Balaban J connectivity index is 1.52. The minimum atomic E-state index is -0.148. The van der Waals surface area contributed by atoms with Crippen LogP contribution in [0.3, 0.4) is 0 Å². The highest BCUT2D eigenvalue weighted by Gasteiger charge is 2.50. The molecule has 0 unspecified atom stereocenters. The minimum Gasteiger partial charge on any atom is -0.393 e. The summed E-state index contributed by atoms with van der Waals surface area (Å²) in [4.78, 5) is 4.38. The Kier molecular flexibility index (Phi) is 3.96. The number of anilines is 2. The molecule has 3 aliphatic rings. The Hall–Kier alpha value is -2.13. The molecule has 1 heterocycles. The van der Waals surface area contributed by atoms with Gasteiger partial charge in [0.05, 0.1) is 17.5 Å². The number of aromatic nitrogens is 1. The molecule has 5 rings (SSSR count). The van der Waals surface area contributed by atoms with E-state index in [2.05, 4.69) is 48.4 Å². The Bertz CT molecular complexity index is 978. The van der Waals surface area contributed by atoms with Crippen LogP contribution in [0.2, 0.25) is 0 Å². The Morgan fingerprint density at radius 1 is 1.11 bits per heavy atom. The lowest BCUT2D eigenvalue weighted by atomic mass is 9.56. The molecule has 0 amide bonds. The maximum atomic E-state index is 10.3. The molecular weight excluding hydrogens is 344 g/mol. The van der Waals surface area contributed by atoms with Gasteiger partial charge in [0.25, 0.3) is 0 Å². The van der Waals surface area contributed by atoms with Crippen molar-refractivity contribution in [3.05, 3.63) is 64.5 Å². The topological polar surface area (TPSA) is 45.2 Å². The van der Waals surface area contributed by atoms with E-state index in [9.17, 15) is 5.11 Å². The summed E-state index contributed by atoms with van der Waals surface area (Å²) in [7, 11) is 0. The van der Waals surface area contributed by atoms with Crippen molar-refractivity contribution in [3.63, 3.8) is 0 Å². The molecule has 2 aromatic rings. The van der Waals surface area contributed by atoms with Gasteiger partial charge in [-0.1, -0.05) is 31.1 Å². The van der Waals surface area contributed by atoms with Crippen LogP contribution in [0.5, 0.6) is 0 Å². The van der Waals surface area contributed by atoms with Crippen molar-refractivity contribution in [1.29, 1.82) is 0 Å². The molecule has 28 heavy (non-hydrogen) atoms. The van der Waals surface area contributed by atoms with Gasteiger partial charge in [-0.3, -0.25) is 4.98 Å². The van der Waals surface area contributed by atoms with E-state index in [1.54, 1.807) is 11.1 Å². The van der Waals surface area contributed by atoms with Crippen molar-refractivity contribution in [2.45, 2.75) is 70.8 Å². The zero-order valence-corrected chi connectivity index (χ0v) is 17.2. The van der Waals surface area contributed by atoms with Crippen LogP contribution in [-0.2, 0) is 11.8 Å². The van der Waals surface area contributed by atoms with Crippen molar-refractivity contribution in [2.75, 3.05) is 5.32 Å². The van der Waals surface area contributed by atoms with E-state index >= 15 is 0 Å². The Labute approximate surface area is 167 Å². The van der Waals surface area contributed by atoms with Gasteiger partial charge < -0.3 is 10.4 Å². The van der Waals surface area contributed by atoms with Crippen LogP contribution in [0.25, 0.3) is 0 Å². The zero-order valence-electron chi connectivity index (χ0n) is 17.2. The standard InChI is InChI=1S/C25H30N2O/c1-16-23(5-4-12-26-16)27-18-7-9-20-17(13-18)6-8-21-22-14-19(28)15-24(22,2)10-11-25(20,21)3/h4-5,7,9,12-13,19,27-28H,6,8,10-11,14-15H2,1-3H3/t19-,24+,25+/m1/s1. The lowest BCUT2D eigenvalue weighted by molar-refractivity contribution is 0.157. The number of rotatable bonds is 2. The number of nitrogens with one attached hydrogen (secondary N) is 1. The highest BCUT2D eigenvalue weighted by molar-refractivity contribution is 5.64. The second-order valence-electron chi connectivity index (χ2n) is 9.55. The summed E-state index contributed by atoms with van der Waals surface area (Å²) in [6, 6.07) is 11.0. The number of allylic oxidation sites excluding steroid dienone is 1. The molecule has 1 aromatic heterocycles. The highest BCUT2D eigenvalue weighted by atomic mass is 16.3. The summed E-state index contributed by atoms with van der Waals surface area (Å²) in [6.07, 6.45) is 8.13. The van der Waals surface area contributed by atoms with Gasteiger partial charge in [-0.05, 0) is 86.3 Å². The molecule has 0 spiro atoms. The van der Waals surface area contributed by atoms with E-state index in [1.165, 1.54) is 24.0 Å². The number of benzene rings is 1. The number of nitrogens with zero attached hydrogens (tertiary/aromatic N) is 1. The largest absolute Gasteiger partial charge is 0.393 e. The fraction of sp³-hybridized carbons (Fsp3) is 0.480. The third-order valence-electron chi connectivity index (χ3n) is 7.69. The molecule has 3 atom stereocenters. The molecular formula is C25H30N2O. The van der Waals surface area contributed by atoms with Crippen molar-refractivity contribution in [1.82, 2.24) is 4.98 Å². The van der Waals surface area contributed by atoms with Gasteiger partial charge in [0, 0.05) is 17.3 Å². The number of fused-ring (bicyclic) bond motifs is 4. The van der Waals surface area contributed by atoms with Crippen LogP contribution in [0.15, 0.2) is 47.7 Å². The number of hydrogen-bond acceptors (Lipinski definition) is 3.